The molecule has 0 amide bonds. The molecule has 0 bridgehead atoms. The molecule has 1 heterocycles. The average molecular weight is 254 g/mol. The molecule has 0 saturated carbocycles. The van der Waals surface area contributed by atoms with Crippen LogP contribution < -0.4 is 5.32 Å². The van der Waals surface area contributed by atoms with Gasteiger partial charge in [-0.25, -0.2) is 4.39 Å². The molecule has 1 aromatic carbocycles. The number of hydrogen-bond acceptors (Lipinski definition) is 3. The van der Waals surface area contributed by atoms with Gasteiger partial charge in [-0.1, -0.05) is 6.07 Å². The molecule has 17 heavy (non-hydrogen) atoms. The first kappa shape index (κ1) is 12.9. The number of nitrogens with one attached hydrogen (secondary N) is 1. The molecular weight excluding hydrogens is 235 g/mol. The summed E-state index contributed by atoms with van der Waals surface area (Å²) in [6, 6.07) is 5.46. The molecule has 0 unspecified atom stereocenters. The van der Waals surface area contributed by atoms with Crippen molar-refractivity contribution >= 4 is 11.8 Å². The van der Waals surface area contributed by atoms with E-state index in [0.29, 0.717) is 0 Å². The topological polar surface area (TPSA) is 15.3 Å². The highest BCUT2D eigenvalue weighted by Crippen LogP contribution is 2.20. The Labute approximate surface area is 107 Å². The van der Waals surface area contributed by atoms with Crippen molar-refractivity contribution < 1.29 is 4.39 Å². The molecular formula is C13H19FN2S. The number of piperazine rings is 1. The van der Waals surface area contributed by atoms with Gasteiger partial charge in [0.25, 0.3) is 0 Å². The van der Waals surface area contributed by atoms with E-state index in [1.807, 2.05) is 18.4 Å². The third-order valence-electron chi connectivity index (χ3n) is 3.14. The highest BCUT2D eigenvalue weighted by molar-refractivity contribution is 7.98. The van der Waals surface area contributed by atoms with E-state index in [0.717, 1.165) is 44.0 Å². The fourth-order valence-corrected chi connectivity index (χ4v) is 2.61. The summed E-state index contributed by atoms with van der Waals surface area (Å²) < 4.78 is 13.3. The minimum atomic E-state index is -0.108. The van der Waals surface area contributed by atoms with Crippen molar-refractivity contribution in [2.24, 2.45) is 0 Å². The highest BCUT2D eigenvalue weighted by Gasteiger charge is 2.09. The SMILES string of the molecule is CSc1cc(CCN2CCNCC2)ccc1F. The van der Waals surface area contributed by atoms with Crippen LogP contribution in [-0.2, 0) is 6.42 Å². The zero-order valence-electron chi connectivity index (χ0n) is 10.2. The van der Waals surface area contributed by atoms with Crippen LogP contribution in [0.4, 0.5) is 4.39 Å². The lowest BCUT2D eigenvalue weighted by Crippen LogP contribution is -2.44. The lowest BCUT2D eigenvalue weighted by atomic mass is 10.1. The molecule has 0 radical (unpaired) electrons. The molecule has 0 aliphatic carbocycles. The predicted octanol–water partition coefficient (Wildman–Crippen LogP) is 2.00. The van der Waals surface area contributed by atoms with Gasteiger partial charge < -0.3 is 10.2 Å². The second-order valence-corrected chi connectivity index (χ2v) is 5.16. The summed E-state index contributed by atoms with van der Waals surface area (Å²) in [7, 11) is 0. The van der Waals surface area contributed by atoms with Gasteiger partial charge in [-0.2, -0.15) is 0 Å². The van der Waals surface area contributed by atoms with Crippen LogP contribution in [0, 0.1) is 5.82 Å². The smallest absolute Gasteiger partial charge is 0.136 e. The number of benzene rings is 1. The van der Waals surface area contributed by atoms with Crippen molar-refractivity contribution in [1.82, 2.24) is 10.2 Å². The van der Waals surface area contributed by atoms with Crippen LogP contribution in [0.25, 0.3) is 0 Å². The summed E-state index contributed by atoms with van der Waals surface area (Å²) >= 11 is 1.47. The van der Waals surface area contributed by atoms with Crippen LogP contribution in [0.2, 0.25) is 0 Å². The molecule has 2 nitrogen and oxygen atoms in total. The third-order valence-corrected chi connectivity index (χ3v) is 3.89. The monoisotopic (exact) mass is 254 g/mol. The van der Waals surface area contributed by atoms with Gasteiger partial charge in [0.15, 0.2) is 0 Å². The quantitative estimate of drug-likeness (QED) is 0.827. The van der Waals surface area contributed by atoms with E-state index in [1.165, 1.54) is 17.3 Å². The second-order valence-electron chi connectivity index (χ2n) is 4.31. The average Bonchev–Trinajstić information content (AvgIpc) is 2.39. The number of hydrogen-bond donors (Lipinski definition) is 1. The van der Waals surface area contributed by atoms with E-state index < -0.39 is 0 Å². The Balaban J connectivity index is 1.89. The highest BCUT2D eigenvalue weighted by atomic mass is 32.2. The van der Waals surface area contributed by atoms with E-state index >= 15 is 0 Å². The zero-order valence-corrected chi connectivity index (χ0v) is 11.0. The fraction of sp³-hybridized carbons (Fsp3) is 0.538. The standard InChI is InChI=1S/C13H19FN2S/c1-17-13-10-11(2-3-12(13)14)4-7-16-8-5-15-6-9-16/h2-3,10,15H,4-9H2,1H3. The van der Waals surface area contributed by atoms with Crippen LogP contribution in [0.15, 0.2) is 23.1 Å². The first-order chi connectivity index (χ1) is 8.29. The summed E-state index contributed by atoms with van der Waals surface area (Å²) in [4.78, 5) is 3.21. The third kappa shape index (κ3) is 3.69. The fourth-order valence-electron chi connectivity index (χ4n) is 2.08. The molecule has 1 aliphatic rings. The Bertz CT molecular complexity index is 364. The largest absolute Gasteiger partial charge is 0.314 e. The minimum Gasteiger partial charge on any atom is -0.314 e. The van der Waals surface area contributed by atoms with E-state index in [9.17, 15) is 4.39 Å². The summed E-state index contributed by atoms with van der Waals surface area (Å²) in [6.07, 6.45) is 2.92. The summed E-state index contributed by atoms with van der Waals surface area (Å²) in [5, 5.41) is 3.34. The number of thioether (sulfide) groups is 1. The van der Waals surface area contributed by atoms with Crippen molar-refractivity contribution in [2.75, 3.05) is 39.0 Å². The molecule has 4 heteroatoms. The van der Waals surface area contributed by atoms with E-state index in [-0.39, 0.29) is 5.82 Å². The van der Waals surface area contributed by atoms with Gasteiger partial charge in [0, 0.05) is 37.6 Å². The normalized spacial score (nSPS) is 17.3. The van der Waals surface area contributed by atoms with Crippen molar-refractivity contribution in [1.29, 1.82) is 0 Å². The molecule has 2 rings (SSSR count). The molecule has 1 fully saturated rings. The van der Waals surface area contributed by atoms with Gasteiger partial charge in [0.1, 0.15) is 5.82 Å². The minimum absolute atomic E-state index is 0.108. The molecule has 1 saturated heterocycles. The molecule has 0 spiro atoms. The van der Waals surface area contributed by atoms with Crippen molar-refractivity contribution in [3.05, 3.63) is 29.6 Å². The van der Waals surface area contributed by atoms with Crippen LogP contribution in [0.1, 0.15) is 5.56 Å². The summed E-state index contributed by atoms with van der Waals surface area (Å²) in [5.41, 5.74) is 1.23. The Morgan fingerprint density at radius 1 is 1.35 bits per heavy atom. The molecule has 94 valence electrons. The predicted molar refractivity (Wildman–Crippen MR) is 71.2 cm³/mol. The van der Waals surface area contributed by atoms with Gasteiger partial charge in [0.2, 0.25) is 0 Å². The molecule has 0 aromatic heterocycles. The van der Waals surface area contributed by atoms with Crippen LogP contribution in [-0.4, -0.2) is 43.9 Å². The van der Waals surface area contributed by atoms with Crippen LogP contribution in [0.3, 0.4) is 0 Å². The first-order valence-corrected chi connectivity index (χ1v) is 7.27. The zero-order chi connectivity index (χ0) is 12.1. The lowest BCUT2D eigenvalue weighted by Gasteiger charge is -2.27. The van der Waals surface area contributed by atoms with E-state index in [2.05, 4.69) is 10.2 Å². The van der Waals surface area contributed by atoms with E-state index in [4.69, 9.17) is 0 Å². The maximum absolute atomic E-state index is 13.3. The van der Waals surface area contributed by atoms with Crippen molar-refractivity contribution in [2.45, 2.75) is 11.3 Å². The van der Waals surface area contributed by atoms with Crippen LogP contribution >= 0.6 is 11.8 Å². The van der Waals surface area contributed by atoms with Gasteiger partial charge >= 0.3 is 0 Å². The molecule has 1 aliphatic heterocycles. The Morgan fingerprint density at radius 3 is 2.82 bits per heavy atom. The Morgan fingerprint density at radius 2 is 2.12 bits per heavy atom. The Kier molecular flexibility index (Phi) is 4.83. The number of nitrogens with zero attached hydrogens (tertiary/aromatic N) is 1. The lowest BCUT2D eigenvalue weighted by molar-refractivity contribution is 0.244. The number of halogens is 1. The van der Waals surface area contributed by atoms with Crippen molar-refractivity contribution in [3.8, 4) is 0 Å². The molecule has 0 atom stereocenters. The molecule has 1 N–H and O–H groups in total. The van der Waals surface area contributed by atoms with Gasteiger partial charge in [-0.15, -0.1) is 11.8 Å². The maximum Gasteiger partial charge on any atom is 0.136 e. The van der Waals surface area contributed by atoms with Gasteiger partial charge in [-0.05, 0) is 30.4 Å². The van der Waals surface area contributed by atoms with Gasteiger partial charge in [-0.3, -0.25) is 0 Å². The Hall–Kier alpha value is -0.580. The molecule has 1 aromatic rings. The van der Waals surface area contributed by atoms with Crippen LogP contribution in [0.5, 0.6) is 0 Å². The summed E-state index contributed by atoms with van der Waals surface area (Å²) in [5.74, 6) is -0.108. The first-order valence-electron chi connectivity index (χ1n) is 6.05. The summed E-state index contributed by atoms with van der Waals surface area (Å²) in [6.45, 7) is 5.48. The van der Waals surface area contributed by atoms with Gasteiger partial charge in [0.05, 0.1) is 0 Å². The maximum atomic E-state index is 13.3. The second kappa shape index (κ2) is 6.38. The van der Waals surface area contributed by atoms with E-state index in [1.54, 1.807) is 6.07 Å². The van der Waals surface area contributed by atoms with Crippen molar-refractivity contribution in [3.63, 3.8) is 0 Å². The number of rotatable bonds is 4.